The van der Waals surface area contributed by atoms with Gasteiger partial charge in [0.25, 0.3) is 0 Å². The molecular weight excluding hydrogens is 308 g/mol. The largest absolute Gasteiger partial charge is 0.378 e. The van der Waals surface area contributed by atoms with E-state index in [0.29, 0.717) is 10.9 Å². The molecule has 1 aliphatic rings. The summed E-state index contributed by atoms with van der Waals surface area (Å²) in [6.45, 7) is 7.34. The third-order valence-electron chi connectivity index (χ3n) is 3.98. The van der Waals surface area contributed by atoms with Crippen LogP contribution in [-0.4, -0.2) is 46.5 Å². The predicted molar refractivity (Wildman–Crippen MR) is 84.1 cm³/mol. The average molecular weight is 327 g/mol. The van der Waals surface area contributed by atoms with Crippen molar-refractivity contribution in [1.29, 1.82) is 0 Å². The molecular formula is C14H19ClN4OS. The number of hydrogen-bond donors (Lipinski definition) is 0. The van der Waals surface area contributed by atoms with Gasteiger partial charge in [0.15, 0.2) is 0 Å². The molecule has 0 aromatic carbocycles. The fraction of sp³-hybridized carbons (Fsp3) is 0.571. The summed E-state index contributed by atoms with van der Waals surface area (Å²) >= 11 is 7.45. The molecule has 1 atom stereocenters. The Morgan fingerprint density at radius 3 is 2.95 bits per heavy atom. The van der Waals surface area contributed by atoms with Crippen LogP contribution < -0.4 is 0 Å². The van der Waals surface area contributed by atoms with E-state index in [1.807, 2.05) is 4.68 Å². The first-order valence-electron chi connectivity index (χ1n) is 6.98. The molecule has 0 aliphatic carbocycles. The zero-order chi connectivity index (χ0) is 15.0. The smallest absolute Gasteiger partial charge is 0.116 e. The third kappa shape index (κ3) is 2.99. The van der Waals surface area contributed by atoms with Crippen LogP contribution in [0.1, 0.15) is 28.0 Å². The van der Waals surface area contributed by atoms with Gasteiger partial charge in [-0.2, -0.15) is 5.10 Å². The number of ether oxygens (including phenoxy) is 1. The Bertz CT molecular complexity index is 639. The van der Waals surface area contributed by atoms with Gasteiger partial charge in [-0.25, -0.2) is 4.98 Å². The molecule has 1 unspecified atom stereocenters. The summed E-state index contributed by atoms with van der Waals surface area (Å²) in [5, 5.41) is 5.66. The highest BCUT2D eigenvalue weighted by atomic mass is 35.5. The topological polar surface area (TPSA) is 43.2 Å². The highest BCUT2D eigenvalue weighted by molar-refractivity contribution is 7.15. The maximum absolute atomic E-state index is 5.95. The van der Waals surface area contributed by atoms with Gasteiger partial charge < -0.3 is 4.74 Å². The SMILES string of the molecule is Cc1nn(Cc2ncc(Cl)s2)c(C)c1C1COCCN1C. The number of nitrogens with zero attached hydrogens (tertiary/aromatic N) is 4. The molecule has 7 heteroatoms. The monoisotopic (exact) mass is 326 g/mol. The molecule has 0 radical (unpaired) electrons. The molecule has 0 amide bonds. The van der Waals surface area contributed by atoms with Crippen LogP contribution >= 0.6 is 22.9 Å². The molecule has 5 nitrogen and oxygen atoms in total. The van der Waals surface area contributed by atoms with Crippen molar-refractivity contribution in [2.24, 2.45) is 0 Å². The van der Waals surface area contributed by atoms with Gasteiger partial charge in [0.1, 0.15) is 9.34 Å². The first-order chi connectivity index (χ1) is 10.1. The Kier molecular flexibility index (Phi) is 4.31. The lowest BCUT2D eigenvalue weighted by molar-refractivity contribution is 0.00457. The van der Waals surface area contributed by atoms with Crippen molar-refractivity contribution >= 4 is 22.9 Å². The Hall–Kier alpha value is -0.950. The molecule has 1 fully saturated rings. The maximum Gasteiger partial charge on any atom is 0.116 e. The van der Waals surface area contributed by atoms with Crippen LogP contribution in [0.4, 0.5) is 0 Å². The van der Waals surface area contributed by atoms with Crippen LogP contribution in [0.3, 0.4) is 0 Å². The van der Waals surface area contributed by atoms with Crippen LogP contribution in [0, 0.1) is 13.8 Å². The lowest BCUT2D eigenvalue weighted by atomic mass is 10.0. The maximum atomic E-state index is 5.95. The number of morpholine rings is 1. The number of aryl methyl sites for hydroxylation is 1. The molecule has 2 aromatic heterocycles. The summed E-state index contributed by atoms with van der Waals surface area (Å²) < 4.78 is 8.37. The van der Waals surface area contributed by atoms with E-state index >= 15 is 0 Å². The Morgan fingerprint density at radius 2 is 2.29 bits per heavy atom. The minimum Gasteiger partial charge on any atom is -0.378 e. The Morgan fingerprint density at radius 1 is 1.48 bits per heavy atom. The van der Waals surface area contributed by atoms with E-state index in [9.17, 15) is 0 Å². The standard InChI is InChI=1S/C14H19ClN4OS/c1-9-14(11-8-20-5-4-18(11)3)10(2)19(17-9)7-13-16-6-12(15)21-13/h6,11H,4-5,7-8H2,1-3H3. The van der Waals surface area contributed by atoms with Gasteiger partial charge in [-0.3, -0.25) is 9.58 Å². The Labute approximate surface area is 133 Å². The van der Waals surface area contributed by atoms with Crippen molar-refractivity contribution in [3.05, 3.63) is 32.5 Å². The summed E-state index contributed by atoms with van der Waals surface area (Å²) in [7, 11) is 2.14. The van der Waals surface area contributed by atoms with Crippen LogP contribution in [0.25, 0.3) is 0 Å². The van der Waals surface area contributed by atoms with E-state index in [2.05, 4.69) is 35.9 Å². The molecule has 1 aliphatic heterocycles. The molecule has 21 heavy (non-hydrogen) atoms. The van der Waals surface area contributed by atoms with Gasteiger partial charge in [-0.05, 0) is 20.9 Å². The van der Waals surface area contributed by atoms with Crippen molar-refractivity contribution in [2.75, 3.05) is 26.8 Å². The summed E-state index contributed by atoms with van der Waals surface area (Å²) in [5.41, 5.74) is 3.53. The number of halogens is 1. The van der Waals surface area contributed by atoms with Crippen LogP contribution in [0.15, 0.2) is 6.20 Å². The number of thiazole rings is 1. The quantitative estimate of drug-likeness (QED) is 0.869. The van der Waals surface area contributed by atoms with E-state index < -0.39 is 0 Å². The average Bonchev–Trinajstić information content (AvgIpc) is 2.96. The fourth-order valence-corrected chi connectivity index (χ4v) is 3.77. The number of likely N-dealkylation sites (N-methyl/N-ethyl adjacent to an activating group) is 1. The number of rotatable bonds is 3. The molecule has 2 aromatic rings. The molecule has 114 valence electrons. The van der Waals surface area contributed by atoms with Gasteiger partial charge in [0, 0.05) is 17.8 Å². The third-order valence-corrected chi connectivity index (χ3v) is 5.08. The van der Waals surface area contributed by atoms with Crippen molar-refractivity contribution < 1.29 is 4.74 Å². The van der Waals surface area contributed by atoms with E-state index in [0.717, 1.165) is 30.5 Å². The van der Waals surface area contributed by atoms with Gasteiger partial charge in [0.05, 0.1) is 37.7 Å². The minimum atomic E-state index is 0.285. The van der Waals surface area contributed by atoms with Crippen LogP contribution in [0.5, 0.6) is 0 Å². The van der Waals surface area contributed by atoms with Crippen molar-refractivity contribution in [3.63, 3.8) is 0 Å². The second kappa shape index (κ2) is 6.04. The van der Waals surface area contributed by atoms with Crippen LogP contribution in [-0.2, 0) is 11.3 Å². The predicted octanol–water partition coefficient (Wildman–Crippen LogP) is 2.66. The Balaban J connectivity index is 1.88. The normalized spacial score (nSPS) is 20.1. The number of aromatic nitrogens is 3. The molecule has 3 heterocycles. The summed E-state index contributed by atoms with van der Waals surface area (Å²) in [4.78, 5) is 6.65. The lowest BCUT2D eigenvalue weighted by Gasteiger charge is -2.32. The second-order valence-corrected chi connectivity index (χ2v) is 7.12. The summed E-state index contributed by atoms with van der Waals surface area (Å²) in [6, 6.07) is 0.285. The highest BCUT2D eigenvalue weighted by Crippen LogP contribution is 2.29. The zero-order valence-corrected chi connectivity index (χ0v) is 14.0. The molecule has 0 spiro atoms. The zero-order valence-electron chi connectivity index (χ0n) is 12.5. The fourth-order valence-electron chi connectivity index (χ4n) is 2.83. The van der Waals surface area contributed by atoms with E-state index in [1.165, 1.54) is 22.6 Å². The second-order valence-electron chi connectivity index (χ2n) is 5.37. The van der Waals surface area contributed by atoms with E-state index in [-0.39, 0.29) is 6.04 Å². The van der Waals surface area contributed by atoms with Crippen molar-refractivity contribution in [1.82, 2.24) is 19.7 Å². The summed E-state index contributed by atoms with van der Waals surface area (Å²) in [6.07, 6.45) is 1.69. The van der Waals surface area contributed by atoms with Gasteiger partial charge >= 0.3 is 0 Å². The molecule has 3 rings (SSSR count). The molecule has 0 N–H and O–H groups in total. The van der Waals surface area contributed by atoms with Gasteiger partial charge in [-0.15, -0.1) is 11.3 Å². The van der Waals surface area contributed by atoms with E-state index in [1.54, 1.807) is 6.20 Å². The first kappa shape index (κ1) is 15.0. The van der Waals surface area contributed by atoms with Gasteiger partial charge in [-0.1, -0.05) is 11.6 Å². The lowest BCUT2D eigenvalue weighted by Crippen LogP contribution is -2.37. The first-order valence-corrected chi connectivity index (χ1v) is 8.18. The van der Waals surface area contributed by atoms with Crippen molar-refractivity contribution in [3.8, 4) is 0 Å². The number of hydrogen-bond acceptors (Lipinski definition) is 5. The van der Waals surface area contributed by atoms with E-state index in [4.69, 9.17) is 16.3 Å². The summed E-state index contributed by atoms with van der Waals surface area (Å²) in [5.74, 6) is 0. The molecule has 0 saturated carbocycles. The van der Waals surface area contributed by atoms with Crippen LogP contribution in [0.2, 0.25) is 4.34 Å². The molecule has 1 saturated heterocycles. The van der Waals surface area contributed by atoms with Crippen molar-refractivity contribution in [2.45, 2.75) is 26.4 Å². The minimum absolute atomic E-state index is 0.285. The highest BCUT2D eigenvalue weighted by Gasteiger charge is 2.27. The van der Waals surface area contributed by atoms with Gasteiger partial charge in [0.2, 0.25) is 0 Å². The molecule has 0 bridgehead atoms.